The number of hydrogen-bond acceptors (Lipinski definition) is 3. The van der Waals surface area contributed by atoms with Crippen LogP contribution in [0.3, 0.4) is 0 Å². The minimum Gasteiger partial charge on any atom is -0.326 e. The van der Waals surface area contributed by atoms with Gasteiger partial charge < -0.3 is 5.73 Å². The predicted molar refractivity (Wildman–Crippen MR) is 59.3 cm³/mol. The lowest BCUT2D eigenvalue weighted by molar-refractivity contribution is 0.476. The van der Waals surface area contributed by atoms with E-state index in [1.807, 2.05) is 31.2 Å². The van der Waals surface area contributed by atoms with Crippen LogP contribution >= 0.6 is 0 Å². The van der Waals surface area contributed by atoms with Crippen molar-refractivity contribution in [3.63, 3.8) is 0 Å². The second-order valence-electron chi connectivity index (χ2n) is 3.70. The molecule has 1 aromatic rings. The molecular weight excluding hydrogens is 214 g/mol. The Labute approximate surface area is 89.9 Å². The summed E-state index contributed by atoms with van der Waals surface area (Å²) in [5.74, 6) is -0.402. The van der Waals surface area contributed by atoms with Crippen molar-refractivity contribution < 1.29 is 13.0 Å². The summed E-state index contributed by atoms with van der Waals surface area (Å²) < 4.78 is 29.7. The van der Waals surface area contributed by atoms with Gasteiger partial charge in [-0.15, -0.1) is 0 Å². The molecule has 0 radical (unpaired) electrons. The van der Waals surface area contributed by atoms with Gasteiger partial charge in [-0.25, -0.2) is 0 Å². The molecule has 0 fully saturated rings. The van der Waals surface area contributed by atoms with Gasteiger partial charge in [-0.05, 0) is 18.9 Å². The largest absolute Gasteiger partial charge is 0.326 e. The molecule has 0 aromatic heterocycles. The molecular formula is C10H15NO3S. The van der Waals surface area contributed by atoms with Gasteiger partial charge >= 0.3 is 0 Å². The molecule has 0 unspecified atom stereocenters. The Morgan fingerprint density at radius 3 is 2.33 bits per heavy atom. The van der Waals surface area contributed by atoms with Crippen molar-refractivity contribution in [2.24, 2.45) is 5.73 Å². The van der Waals surface area contributed by atoms with Gasteiger partial charge in [0.05, 0.1) is 5.75 Å². The van der Waals surface area contributed by atoms with Crippen LogP contribution in [0, 0.1) is 6.92 Å². The van der Waals surface area contributed by atoms with Gasteiger partial charge in [0.2, 0.25) is 0 Å². The highest BCUT2D eigenvalue weighted by Crippen LogP contribution is 2.06. The topological polar surface area (TPSA) is 80.4 Å². The molecule has 15 heavy (non-hydrogen) atoms. The smallest absolute Gasteiger partial charge is 0.266 e. The van der Waals surface area contributed by atoms with Crippen molar-refractivity contribution >= 4 is 10.1 Å². The zero-order valence-electron chi connectivity index (χ0n) is 8.55. The predicted octanol–water partition coefficient (Wildman–Crippen LogP) is 0.753. The first kappa shape index (κ1) is 12.2. The maximum Gasteiger partial charge on any atom is 0.266 e. The fourth-order valence-corrected chi connectivity index (χ4v) is 2.02. The molecule has 1 aromatic carbocycles. The zero-order chi connectivity index (χ0) is 11.5. The molecule has 0 spiro atoms. The molecule has 0 saturated carbocycles. The monoisotopic (exact) mass is 229 g/mol. The van der Waals surface area contributed by atoms with E-state index in [1.54, 1.807) is 0 Å². The molecule has 0 aliphatic carbocycles. The highest BCUT2D eigenvalue weighted by molar-refractivity contribution is 7.85. The summed E-state index contributed by atoms with van der Waals surface area (Å²) in [6.45, 7) is 1.97. The van der Waals surface area contributed by atoms with Crippen molar-refractivity contribution in [2.45, 2.75) is 19.4 Å². The SMILES string of the molecule is Cc1ccc(C[C@@H](N)CS(=O)(=O)O)cc1. The summed E-state index contributed by atoms with van der Waals surface area (Å²) in [4.78, 5) is 0. The molecule has 84 valence electrons. The van der Waals surface area contributed by atoms with Crippen LogP contribution < -0.4 is 5.73 Å². The van der Waals surface area contributed by atoms with Gasteiger partial charge in [-0.3, -0.25) is 4.55 Å². The average molecular weight is 229 g/mol. The van der Waals surface area contributed by atoms with E-state index in [0.29, 0.717) is 6.42 Å². The summed E-state index contributed by atoms with van der Waals surface area (Å²) in [6, 6.07) is 7.12. The first-order valence-electron chi connectivity index (χ1n) is 4.63. The van der Waals surface area contributed by atoms with Crippen LogP contribution in [0.25, 0.3) is 0 Å². The van der Waals surface area contributed by atoms with Crippen molar-refractivity contribution in [3.8, 4) is 0 Å². The Kier molecular flexibility index (Phi) is 3.84. The summed E-state index contributed by atoms with van der Waals surface area (Å²) in [5, 5.41) is 0. The standard InChI is InChI=1S/C10H15NO3S/c1-8-2-4-9(5-3-8)6-10(11)7-15(12,13)14/h2-5,10H,6-7,11H2,1H3,(H,12,13,14)/t10-/m1/s1. The maximum absolute atomic E-state index is 10.6. The van der Waals surface area contributed by atoms with Crippen molar-refractivity contribution in [2.75, 3.05) is 5.75 Å². The number of hydrogen-bond donors (Lipinski definition) is 2. The molecule has 5 heteroatoms. The quantitative estimate of drug-likeness (QED) is 0.747. The fourth-order valence-electron chi connectivity index (χ4n) is 1.36. The van der Waals surface area contributed by atoms with Crippen LogP contribution in [0.2, 0.25) is 0 Å². The first-order valence-corrected chi connectivity index (χ1v) is 6.24. The Bertz CT molecular complexity index is 411. The van der Waals surface area contributed by atoms with Gasteiger partial charge in [0, 0.05) is 6.04 Å². The highest BCUT2D eigenvalue weighted by Gasteiger charge is 2.12. The molecule has 0 aliphatic rings. The second kappa shape index (κ2) is 4.74. The summed E-state index contributed by atoms with van der Waals surface area (Å²) in [5.41, 5.74) is 7.70. The van der Waals surface area contributed by atoms with Gasteiger partial charge in [0.1, 0.15) is 0 Å². The third-order valence-corrected chi connectivity index (χ3v) is 2.89. The molecule has 0 bridgehead atoms. The third kappa shape index (κ3) is 4.92. The summed E-state index contributed by atoms with van der Waals surface area (Å²) >= 11 is 0. The van der Waals surface area contributed by atoms with Crippen LogP contribution in [0.5, 0.6) is 0 Å². The molecule has 4 nitrogen and oxygen atoms in total. The minimum absolute atomic E-state index is 0.402. The Balaban J connectivity index is 2.59. The van der Waals surface area contributed by atoms with Gasteiger partial charge in [0.15, 0.2) is 0 Å². The normalized spacial score (nSPS) is 13.8. The summed E-state index contributed by atoms with van der Waals surface area (Å²) in [6.07, 6.45) is 0.445. The fraction of sp³-hybridized carbons (Fsp3) is 0.400. The van der Waals surface area contributed by atoms with E-state index in [2.05, 4.69) is 0 Å². The highest BCUT2D eigenvalue weighted by atomic mass is 32.2. The Hall–Kier alpha value is -0.910. The van der Waals surface area contributed by atoms with Crippen LogP contribution in [0.15, 0.2) is 24.3 Å². The maximum atomic E-state index is 10.6. The van der Waals surface area contributed by atoms with Gasteiger partial charge in [-0.2, -0.15) is 8.42 Å². The Morgan fingerprint density at radius 1 is 1.33 bits per heavy atom. The minimum atomic E-state index is -3.98. The molecule has 0 saturated heterocycles. The third-order valence-electron chi connectivity index (χ3n) is 2.04. The summed E-state index contributed by atoms with van der Waals surface area (Å²) in [7, 11) is -3.98. The van der Waals surface area contributed by atoms with E-state index >= 15 is 0 Å². The van der Waals surface area contributed by atoms with Crippen LogP contribution in [0.1, 0.15) is 11.1 Å². The van der Waals surface area contributed by atoms with Crippen LogP contribution in [-0.2, 0) is 16.5 Å². The number of nitrogens with two attached hydrogens (primary N) is 1. The lowest BCUT2D eigenvalue weighted by atomic mass is 10.1. The Morgan fingerprint density at radius 2 is 1.87 bits per heavy atom. The van der Waals surface area contributed by atoms with E-state index in [1.165, 1.54) is 0 Å². The molecule has 1 rings (SSSR count). The molecule has 0 heterocycles. The number of rotatable bonds is 4. The van der Waals surface area contributed by atoms with Crippen molar-refractivity contribution in [3.05, 3.63) is 35.4 Å². The van der Waals surface area contributed by atoms with Gasteiger partial charge in [-0.1, -0.05) is 29.8 Å². The van der Waals surface area contributed by atoms with Gasteiger partial charge in [0.25, 0.3) is 10.1 Å². The van der Waals surface area contributed by atoms with E-state index in [0.717, 1.165) is 11.1 Å². The van der Waals surface area contributed by atoms with E-state index in [9.17, 15) is 8.42 Å². The van der Waals surface area contributed by atoms with E-state index < -0.39 is 21.9 Å². The van der Waals surface area contributed by atoms with E-state index in [4.69, 9.17) is 10.3 Å². The van der Waals surface area contributed by atoms with Crippen LogP contribution in [-0.4, -0.2) is 24.8 Å². The lowest BCUT2D eigenvalue weighted by Crippen LogP contribution is -2.31. The van der Waals surface area contributed by atoms with Crippen molar-refractivity contribution in [1.29, 1.82) is 0 Å². The van der Waals surface area contributed by atoms with E-state index in [-0.39, 0.29) is 0 Å². The molecule has 0 amide bonds. The number of benzene rings is 1. The zero-order valence-corrected chi connectivity index (χ0v) is 9.37. The lowest BCUT2D eigenvalue weighted by Gasteiger charge is -2.09. The molecule has 1 atom stereocenters. The molecule has 0 aliphatic heterocycles. The average Bonchev–Trinajstić information content (AvgIpc) is 2.05. The van der Waals surface area contributed by atoms with Crippen LogP contribution in [0.4, 0.5) is 0 Å². The molecule has 3 N–H and O–H groups in total. The second-order valence-corrected chi connectivity index (χ2v) is 5.20. The van der Waals surface area contributed by atoms with Crippen molar-refractivity contribution in [1.82, 2.24) is 0 Å². The number of aryl methyl sites for hydroxylation is 1. The first-order chi connectivity index (χ1) is 6.87.